The molecule has 1 rings (SSSR count). The smallest absolute Gasteiger partial charge is 0.495 e. The molecule has 0 aliphatic heterocycles. The van der Waals surface area contributed by atoms with Crippen molar-refractivity contribution in [3.8, 4) is 0 Å². The molecule has 0 saturated heterocycles. The molecule has 0 saturated carbocycles. The zero-order valence-electron chi connectivity index (χ0n) is 9.96. The molecule has 0 fully saturated rings. The predicted molar refractivity (Wildman–Crippen MR) is 85.0 cm³/mol. The van der Waals surface area contributed by atoms with Gasteiger partial charge in [0.2, 0.25) is 0 Å². The molecule has 3 nitrogen and oxygen atoms in total. The molecule has 107 valence electrons. The molecular formula is C11H7AlCl5O3. The Kier molecular flexibility index (Phi) is 9.96. The third-order valence-corrected chi connectivity index (χ3v) is 2.72. The van der Waals surface area contributed by atoms with Crippen LogP contribution in [0, 0.1) is 0 Å². The molecule has 0 unspecified atom stereocenters. The van der Waals surface area contributed by atoms with E-state index >= 15 is 0 Å². The second kappa shape index (κ2) is 9.92. The monoisotopic (exact) mass is 389 g/mol. The van der Waals surface area contributed by atoms with Crippen LogP contribution in [0.25, 0.3) is 5.76 Å². The fourth-order valence-electron chi connectivity index (χ4n) is 1.21. The fourth-order valence-corrected chi connectivity index (χ4v) is 1.81. The van der Waals surface area contributed by atoms with E-state index in [-0.39, 0.29) is 24.0 Å². The number of carbonyl (C=O) groups excluding carboxylic acids is 2. The molecule has 1 aromatic rings. The van der Waals surface area contributed by atoms with Gasteiger partial charge in [0.15, 0.2) is 5.78 Å². The Labute approximate surface area is 145 Å². The highest BCUT2D eigenvalue weighted by Gasteiger charge is 2.20. The number of halogens is 5. The van der Waals surface area contributed by atoms with Crippen LogP contribution in [0.3, 0.4) is 0 Å². The number of benzene rings is 1. The highest BCUT2D eigenvalue weighted by molar-refractivity contribution is 7.22. The van der Waals surface area contributed by atoms with E-state index in [1.54, 1.807) is 0 Å². The van der Waals surface area contributed by atoms with E-state index in [4.69, 9.17) is 54.9 Å². The molecule has 0 aliphatic carbocycles. The Morgan fingerprint density at radius 2 is 1.70 bits per heavy atom. The minimum Gasteiger partial charge on any atom is -0.506 e. The lowest BCUT2D eigenvalue weighted by Gasteiger charge is -2.07. The van der Waals surface area contributed by atoms with Crippen molar-refractivity contribution in [1.82, 2.24) is 0 Å². The number of rotatable bonds is 3. The van der Waals surface area contributed by atoms with Gasteiger partial charge in [-0.2, -0.15) is 0 Å². The largest absolute Gasteiger partial charge is 0.506 e. The maximum Gasteiger partial charge on any atom is 0.495 e. The second-order valence-corrected chi connectivity index (χ2v) is 6.59. The van der Waals surface area contributed by atoms with Crippen LogP contribution in [0.1, 0.15) is 12.5 Å². The summed E-state index contributed by atoms with van der Waals surface area (Å²) in [6.45, 7) is 1.12. The van der Waals surface area contributed by atoms with Gasteiger partial charge in [-0.25, -0.2) is 20.1 Å². The third kappa shape index (κ3) is 6.24. The summed E-state index contributed by atoms with van der Waals surface area (Å²) in [4.78, 5) is 22.2. The summed E-state index contributed by atoms with van der Waals surface area (Å²) in [7, 11) is 9.69. The number of Topliss-reactive ketones (excluding diaryl/α,β-unsaturated/α-hetero) is 1. The molecule has 1 aromatic carbocycles. The molecule has 0 aliphatic rings. The molecule has 1 N–H and O–H groups in total. The third-order valence-electron chi connectivity index (χ3n) is 1.97. The fraction of sp³-hybridized carbons (Fsp3) is 0.0909. The van der Waals surface area contributed by atoms with E-state index in [9.17, 15) is 14.7 Å². The van der Waals surface area contributed by atoms with Gasteiger partial charge in [0.1, 0.15) is 11.3 Å². The van der Waals surface area contributed by atoms with Gasteiger partial charge in [0, 0.05) is 10.6 Å². The topological polar surface area (TPSA) is 54.4 Å². The maximum atomic E-state index is 11.2. The Hall–Kier alpha value is 0.0825. The van der Waals surface area contributed by atoms with Crippen LogP contribution in [0.4, 0.5) is 0 Å². The standard InChI is InChI=1S/C11H7Cl3O3.Al.2ClH/c1-5(15)9(11(14)17)10(16)7-4-6(12)2-3-8(7)13;;;/h2-4,16H,1H3;;2*1H/q;+2;;/p-2/b10-9+;;;. The number of ketones is 1. The minimum absolute atomic E-state index is 0.0818. The van der Waals surface area contributed by atoms with E-state index in [0.29, 0.717) is 5.02 Å². The molecule has 0 spiro atoms. The molecule has 20 heavy (non-hydrogen) atoms. The first kappa shape index (κ1) is 20.1. The number of hydrogen-bond acceptors (Lipinski definition) is 3. The van der Waals surface area contributed by atoms with Crippen LogP contribution in [0.2, 0.25) is 10.0 Å². The van der Waals surface area contributed by atoms with Crippen LogP contribution in [0.15, 0.2) is 23.8 Å². The summed E-state index contributed by atoms with van der Waals surface area (Å²) >= 11 is 16.5. The van der Waals surface area contributed by atoms with Gasteiger partial charge in [-0.3, -0.25) is 9.59 Å². The maximum absolute atomic E-state index is 11.2. The summed E-state index contributed by atoms with van der Waals surface area (Å²) < 4.78 is 0. The van der Waals surface area contributed by atoms with Crippen LogP contribution in [0.5, 0.6) is 0 Å². The van der Waals surface area contributed by atoms with Crippen molar-refractivity contribution in [2.75, 3.05) is 0 Å². The van der Waals surface area contributed by atoms with E-state index in [1.165, 1.54) is 18.2 Å². The molecule has 0 atom stereocenters. The number of allylic oxidation sites excluding steroid dienone is 1. The first-order chi connectivity index (χ1) is 9.26. The normalized spacial score (nSPS) is 10.9. The Balaban J connectivity index is 0.00000110. The molecule has 1 radical (unpaired) electrons. The van der Waals surface area contributed by atoms with Gasteiger partial charge in [0.25, 0.3) is 5.24 Å². The zero-order valence-corrected chi connectivity index (χ0v) is 14.9. The Bertz CT molecular complexity index is 529. The summed E-state index contributed by atoms with van der Waals surface area (Å²) in [5.74, 6) is -1.23. The number of aliphatic hydroxyl groups excluding tert-OH is 1. The SMILES string of the molecule is CC(=O)/C(C(=O)Cl)=C(\O)c1cc(Cl)ccc1Cl.[Cl][Al][Cl]. The van der Waals surface area contributed by atoms with Gasteiger partial charge in [-0.1, -0.05) is 23.2 Å². The lowest BCUT2D eigenvalue weighted by molar-refractivity contribution is -0.117. The van der Waals surface area contributed by atoms with Crippen molar-refractivity contribution in [3.05, 3.63) is 39.4 Å². The van der Waals surface area contributed by atoms with Gasteiger partial charge in [-0.15, -0.1) is 0 Å². The molecule has 9 heteroatoms. The van der Waals surface area contributed by atoms with Gasteiger partial charge < -0.3 is 5.11 Å². The molecule has 0 aromatic heterocycles. The van der Waals surface area contributed by atoms with Crippen molar-refractivity contribution in [2.24, 2.45) is 0 Å². The van der Waals surface area contributed by atoms with E-state index in [2.05, 4.69) is 0 Å². The lowest BCUT2D eigenvalue weighted by Crippen LogP contribution is -2.08. The number of aliphatic hydroxyl groups is 1. The van der Waals surface area contributed by atoms with Gasteiger partial charge in [-0.05, 0) is 36.7 Å². The Morgan fingerprint density at radius 1 is 1.20 bits per heavy atom. The van der Waals surface area contributed by atoms with E-state index < -0.39 is 22.4 Å². The average Bonchev–Trinajstić information content (AvgIpc) is 2.32. The molecule has 0 bridgehead atoms. The average molecular weight is 391 g/mol. The molecule has 0 heterocycles. The summed E-state index contributed by atoms with van der Waals surface area (Å²) in [6.07, 6.45) is 0. The second-order valence-electron chi connectivity index (χ2n) is 3.26. The number of hydrogen-bond donors (Lipinski definition) is 1. The van der Waals surface area contributed by atoms with Crippen molar-refractivity contribution < 1.29 is 14.7 Å². The first-order valence-electron chi connectivity index (χ1n) is 4.87. The molecular weight excluding hydrogens is 384 g/mol. The lowest BCUT2D eigenvalue weighted by atomic mass is 10.1. The van der Waals surface area contributed by atoms with Crippen LogP contribution in [-0.2, 0) is 9.59 Å². The predicted octanol–water partition coefficient (Wildman–Crippen LogP) is 4.62. The van der Waals surface area contributed by atoms with Crippen LogP contribution < -0.4 is 0 Å². The van der Waals surface area contributed by atoms with Crippen LogP contribution >= 0.6 is 54.9 Å². The zero-order chi connectivity index (χ0) is 15.9. The summed E-state index contributed by atoms with van der Waals surface area (Å²) in [5.41, 5.74) is -0.436. The molecule has 0 amide bonds. The highest BCUT2D eigenvalue weighted by atomic mass is 35.7. The van der Waals surface area contributed by atoms with Crippen LogP contribution in [-0.4, -0.2) is 29.5 Å². The summed E-state index contributed by atoms with van der Waals surface area (Å²) in [5, 5.41) is 9.25. The highest BCUT2D eigenvalue weighted by Crippen LogP contribution is 2.28. The summed E-state index contributed by atoms with van der Waals surface area (Å²) in [6, 6.07) is 4.28. The Morgan fingerprint density at radius 3 is 2.10 bits per heavy atom. The van der Waals surface area contributed by atoms with Crippen molar-refractivity contribution >= 4 is 85.1 Å². The van der Waals surface area contributed by atoms with Crippen molar-refractivity contribution in [2.45, 2.75) is 6.92 Å². The first-order valence-corrected chi connectivity index (χ1v) is 9.50. The number of carbonyl (C=O) groups is 2. The van der Waals surface area contributed by atoms with Gasteiger partial charge in [0.05, 0.1) is 5.02 Å². The van der Waals surface area contributed by atoms with Crippen molar-refractivity contribution in [3.63, 3.8) is 0 Å². The van der Waals surface area contributed by atoms with Gasteiger partial charge >= 0.3 is 13.4 Å². The quantitative estimate of drug-likeness (QED) is 0.204. The van der Waals surface area contributed by atoms with E-state index in [1.807, 2.05) is 0 Å². The van der Waals surface area contributed by atoms with E-state index in [0.717, 1.165) is 6.92 Å². The van der Waals surface area contributed by atoms with Crippen molar-refractivity contribution in [1.29, 1.82) is 0 Å². The minimum atomic E-state index is -1.05.